The summed E-state index contributed by atoms with van der Waals surface area (Å²) in [6, 6.07) is 3.51. The van der Waals surface area contributed by atoms with Crippen molar-refractivity contribution in [3.8, 4) is 11.5 Å². The number of amides is 1. The Balaban J connectivity index is 2.08. The van der Waals surface area contributed by atoms with Crippen LogP contribution in [0.15, 0.2) is 33.4 Å². The van der Waals surface area contributed by atoms with E-state index in [0.29, 0.717) is 22.8 Å². The van der Waals surface area contributed by atoms with Gasteiger partial charge in [0.1, 0.15) is 0 Å². The van der Waals surface area contributed by atoms with Crippen molar-refractivity contribution in [2.24, 2.45) is 0 Å². The summed E-state index contributed by atoms with van der Waals surface area (Å²) in [5.74, 6) is 0.319. The van der Waals surface area contributed by atoms with Crippen molar-refractivity contribution in [1.29, 1.82) is 0 Å². The monoisotopic (exact) mass is 365 g/mol. The van der Waals surface area contributed by atoms with Crippen LogP contribution in [0.5, 0.6) is 11.5 Å². The summed E-state index contributed by atoms with van der Waals surface area (Å²) < 4.78 is 16.1. The summed E-state index contributed by atoms with van der Waals surface area (Å²) in [5.41, 5.74) is 1.66. The van der Waals surface area contributed by atoms with Crippen LogP contribution >= 0.6 is 15.9 Å². The second-order valence-corrected chi connectivity index (χ2v) is 5.59. The Kier molecular flexibility index (Phi) is 3.66. The number of carbonyl (C=O) groups is 2. The minimum atomic E-state index is -0.557. The fourth-order valence-corrected chi connectivity index (χ4v) is 2.75. The number of fused-ring (bicyclic) bond motifs is 1. The smallest absolute Gasteiger partial charge is 0.340 e. The van der Waals surface area contributed by atoms with Crippen LogP contribution in [0.3, 0.4) is 0 Å². The summed E-state index contributed by atoms with van der Waals surface area (Å²) in [7, 11) is 1.28. The zero-order valence-electron chi connectivity index (χ0n) is 11.9. The quantitative estimate of drug-likeness (QED) is 0.641. The maximum Gasteiger partial charge on any atom is 0.340 e. The molecular formula is C15H12BrNO5. The lowest BCUT2D eigenvalue weighted by Crippen LogP contribution is -2.15. The number of ether oxygens (including phenoxy) is 3. The average Bonchev–Trinajstić information content (AvgIpc) is 3.03. The van der Waals surface area contributed by atoms with Gasteiger partial charge in [0.15, 0.2) is 11.5 Å². The van der Waals surface area contributed by atoms with E-state index >= 15 is 0 Å². The molecule has 0 radical (unpaired) electrons. The normalized spacial score (nSPS) is 18.0. The number of hydrogen-bond acceptors (Lipinski definition) is 5. The molecule has 0 spiro atoms. The molecule has 0 saturated heterocycles. The fraction of sp³-hybridized carbons (Fsp3) is 0.200. The summed E-state index contributed by atoms with van der Waals surface area (Å²) in [5, 5.41) is 2.62. The molecular weight excluding hydrogens is 354 g/mol. The van der Waals surface area contributed by atoms with E-state index in [2.05, 4.69) is 21.2 Å². The van der Waals surface area contributed by atoms with Gasteiger partial charge in [-0.3, -0.25) is 4.79 Å². The molecule has 2 aliphatic rings. The van der Waals surface area contributed by atoms with Crippen LogP contribution in [0, 0.1) is 0 Å². The van der Waals surface area contributed by atoms with Gasteiger partial charge in [0.25, 0.3) is 5.91 Å². The van der Waals surface area contributed by atoms with Crippen LogP contribution in [-0.2, 0) is 14.3 Å². The Hall–Kier alpha value is -2.28. The van der Waals surface area contributed by atoms with E-state index in [-0.39, 0.29) is 23.8 Å². The average molecular weight is 366 g/mol. The van der Waals surface area contributed by atoms with Gasteiger partial charge in [-0.15, -0.1) is 0 Å². The van der Waals surface area contributed by atoms with Crippen LogP contribution in [0.2, 0.25) is 0 Å². The molecule has 2 heterocycles. The number of rotatable bonds is 2. The Morgan fingerprint density at radius 2 is 2.05 bits per heavy atom. The molecule has 0 atom stereocenters. The highest BCUT2D eigenvalue weighted by Crippen LogP contribution is 2.38. The lowest BCUT2D eigenvalue weighted by atomic mass is 10.0. The molecule has 1 aromatic carbocycles. The van der Waals surface area contributed by atoms with Crippen molar-refractivity contribution >= 4 is 33.9 Å². The molecule has 2 aliphatic heterocycles. The molecule has 6 nitrogen and oxygen atoms in total. The Labute approximate surface area is 134 Å². The first-order valence-electron chi connectivity index (χ1n) is 6.43. The SMILES string of the molecule is COC(=O)C1=C(C)NC(=O)/C1=C\c1cc2c(cc1Br)OCO2. The predicted molar refractivity (Wildman–Crippen MR) is 81.1 cm³/mol. The van der Waals surface area contributed by atoms with E-state index in [1.54, 1.807) is 25.1 Å². The molecule has 0 saturated carbocycles. The molecule has 0 fully saturated rings. The Morgan fingerprint density at radius 1 is 1.36 bits per heavy atom. The molecule has 1 amide bonds. The maximum atomic E-state index is 12.1. The Bertz CT molecular complexity index is 751. The number of hydrogen-bond donors (Lipinski definition) is 1. The molecule has 0 aromatic heterocycles. The molecule has 1 N–H and O–H groups in total. The third kappa shape index (κ3) is 2.37. The first kappa shape index (κ1) is 14.6. The third-order valence-corrected chi connectivity index (χ3v) is 4.06. The molecule has 7 heteroatoms. The van der Waals surface area contributed by atoms with Crippen molar-refractivity contribution in [2.45, 2.75) is 6.92 Å². The van der Waals surface area contributed by atoms with E-state index in [0.717, 1.165) is 4.47 Å². The number of nitrogens with one attached hydrogen (secondary N) is 1. The van der Waals surface area contributed by atoms with Gasteiger partial charge in [-0.25, -0.2) is 4.79 Å². The van der Waals surface area contributed by atoms with Gasteiger partial charge in [0, 0.05) is 10.2 Å². The van der Waals surface area contributed by atoms with E-state index in [1.807, 2.05) is 0 Å². The topological polar surface area (TPSA) is 73.9 Å². The van der Waals surface area contributed by atoms with Gasteiger partial charge in [-0.2, -0.15) is 0 Å². The minimum Gasteiger partial charge on any atom is -0.465 e. The van der Waals surface area contributed by atoms with Crippen molar-refractivity contribution in [2.75, 3.05) is 13.9 Å². The zero-order valence-corrected chi connectivity index (χ0v) is 13.4. The van der Waals surface area contributed by atoms with Crippen LogP contribution in [-0.4, -0.2) is 25.8 Å². The van der Waals surface area contributed by atoms with Gasteiger partial charge in [0.2, 0.25) is 6.79 Å². The third-order valence-electron chi connectivity index (χ3n) is 3.37. The second kappa shape index (κ2) is 5.49. The summed E-state index contributed by atoms with van der Waals surface area (Å²) in [4.78, 5) is 23.9. The number of esters is 1. The van der Waals surface area contributed by atoms with E-state index in [1.165, 1.54) is 7.11 Å². The summed E-state index contributed by atoms with van der Waals surface area (Å²) in [6.07, 6.45) is 1.62. The number of allylic oxidation sites excluding steroid dienone is 1. The molecule has 1 aromatic rings. The molecule has 114 valence electrons. The summed E-state index contributed by atoms with van der Waals surface area (Å²) >= 11 is 3.42. The lowest BCUT2D eigenvalue weighted by Gasteiger charge is -2.05. The standard InChI is InChI=1S/C15H12BrNO5/c1-7-13(15(19)20-2)9(14(18)17-7)3-8-4-11-12(5-10(8)16)22-6-21-11/h3-5H,6H2,1-2H3,(H,17,18)/b9-3-. The zero-order chi connectivity index (χ0) is 15.9. The highest BCUT2D eigenvalue weighted by atomic mass is 79.9. The molecule has 0 unspecified atom stereocenters. The molecule has 22 heavy (non-hydrogen) atoms. The van der Waals surface area contributed by atoms with Crippen LogP contribution < -0.4 is 14.8 Å². The minimum absolute atomic E-state index is 0.161. The highest BCUT2D eigenvalue weighted by Gasteiger charge is 2.31. The number of methoxy groups -OCH3 is 1. The van der Waals surface area contributed by atoms with Gasteiger partial charge in [0.05, 0.1) is 18.3 Å². The number of halogens is 1. The predicted octanol–water partition coefficient (Wildman–Crippen LogP) is 2.14. The largest absolute Gasteiger partial charge is 0.465 e. The fourth-order valence-electron chi connectivity index (χ4n) is 2.32. The first-order valence-corrected chi connectivity index (χ1v) is 7.22. The van der Waals surface area contributed by atoms with Crippen molar-refractivity contribution in [1.82, 2.24) is 5.32 Å². The van der Waals surface area contributed by atoms with Gasteiger partial charge in [-0.05, 0) is 30.7 Å². The van der Waals surface area contributed by atoms with Gasteiger partial charge in [-0.1, -0.05) is 15.9 Å². The van der Waals surface area contributed by atoms with E-state index in [9.17, 15) is 9.59 Å². The van der Waals surface area contributed by atoms with E-state index in [4.69, 9.17) is 14.2 Å². The Morgan fingerprint density at radius 3 is 2.73 bits per heavy atom. The molecule has 0 aliphatic carbocycles. The highest BCUT2D eigenvalue weighted by molar-refractivity contribution is 9.10. The van der Waals surface area contributed by atoms with Crippen LogP contribution in [0.25, 0.3) is 6.08 Å². The van der Waals surface area contributed by atoms with Crippen molar-refractivity contribution in [3.05, 3.63) is 39.0 Å². The number of carbonyl (C=O) groups excluding carboxylic acids is 2. The number of benzene rings is 1. The van der Waals surface area contributed by atoms with Crippen molar-refractivity contribution in [3.63, 3.8) is 0 Å². The lowest BCUT2D eigenvalue weighted by molar-refractivity contribution is -0.136. The second-order valence-electron chi connectivity index (χ2n) is 4.73. The summed E-state index contributed by atoms with van der Waals surface area (Å²) in [6.45, 7) is 1.81. The molecule has 3 rings (SSSR count). The van der Waals surface area contributed by atoms with Gasteiger partial charge < -0.3 is 19.5 Å². The maximum absolute atomic E-state index is 12.1. The van der Waals surface area contributed by atoms with Crippen LogP contribution in [0.1, 0.15) is 12.5 Å². The van der Waals surface area contributed by atoms with E-state index < -0.39 is 5.97 Å². The first-order chi connectivity index (χ1) is 10.5. The van der Waals surface area contributed by atoms with Crippen molar-refractivity contribution < 1.29 is 23.8 Å². The van der Waals surface area contributed by atoms with Gasteiger partial charge >= 0.3 is 5.97 Å². The van der Waals surface area contributed by atoms with Crippen LogP contribution in [0.4, 0.5) is 0 Å². The molecule has 0 bridgehead atoms.